The first-order chi connectivity index (χ1) is 9.79. The summed E-state index contributed by atoms with van der Waals surface area (Å²) in [6.45, 7) is 3.07. The number of phenols is 1. The SMILES string of the molecule is CCCN(c1ccncc1)n1ccc2cc(O)ccc21. The molecule has 0 atom stereocenters. The molecule has 2 heterocycles. The van der Waals surface area contributed by atoms with Gasteiger partial charge in [-0.25, -0.2) is 0 Å². The summed E-state index contributed by atoms with van der Waals surface area (Å²) in [6, 6.07) is 11.5. The van der Waals surface area contributed by atoms with Crippen LogP contribution in [0.5, 0.6) is 5.75 Å². The zero-order valence-corrected chi connectivity index (χ0v) is 11.4. The number of aromatic hydroxyl groups is 1. The van der Waals surface area contributed by atoms with E-state index in [4.69, 9.17) is 0 Å². The van der Waals surface area contributed by atoms with Crippen molar-refractivity contribution in [3.63, 3.8) is 0 Å². The highest BCUT2D eigenvalue weighted by Gasteiger charge is 2.10. The maximum atomic E-state index is 9.57. The lowest BCUT2D eigenvalue weighted by Crippen LogP contribution is -2.29. The Morgan fingerprint density at radius 1 is 1.15 bits per heavy atom. The molecular formula is C16H17N3O. The van der Waals surface area contributed by atoms with Gasteiger partial charge in [0.05, 0.1) is 11.2 Å². The molecule has 0 amide bonds. The van der Waals surface area contributed by atoms with Crippen molar-refractivity contribution in [2.24, 2.45) is 0 Å². The van der Waals surface area contributed by atoms with E-state index in [0.717, 1.165) is 29.6 Å². The Labute approximate surface area is 117 Å². The summed E-state index contributed by atoms with van der Waals surface area (Å²) >= 11 is 0. The number of aromatic nitrogens is 2. The van der Waals surface area contributed by atoms with E-state index in [1.807, 2.05) is 30.5 Å². The molecule has 2 aromatic heterocycles. The molecule has 1 N–H and O–H groups in total. The van der Waals surface area contributed by atoms with Crippen LogP contribution in [0.4, 0.5) is 5.69 Å². The van der Waals surface area contributed by atoms with Crippen LogP contribution in [-0.4, -0.2) is 21.3 Å². The Kier molecular flexibility index (Phi) is 3.29. The lowest BCUT2D eigenvalue weighted by Gasteiger charge is -2.26. The number of hydrogen-bond acceptors (Lipinski definition) is 3. The van der Waals surface area contributed by atoms with Crippen LogP contribution < -0.4 is 5.01 Å². The highest BCUT2D eigenvalue weighted by atomic mass is 16.3. The van der Waals surface area contributed by atoms with Gasteiger partial charge in [-0.15, -0.1) is 0 Å². The lowest BCUT2D eigenvalue weighted by molar-refractivity contribution is 0.476. The molecule has 0 fully saturated rings. The van der Waals surface area contributed by atoms with Crippen LogP contribution in [0.25, 0.3) is 10.9 Å². The van der Waals surface area contributed by atoms with Gasteiger partial charge >= 0.3 is 0 Å². The van der Waals surface area contributed by atoms with E-state index in [9.17, 15) is 5.11 Å². The van der Waals surface area contributed by atoms with Gasteiger partial charge in [0.15, 0.2) is 0 Å². The molecule has 0 aliphatic heterocycles. The molecule has 3 aromatic rings. The minimum absolute atomic E-state index is 0.293. The fraction of sp³-hybridized carbons (Fsp3) is 0.188. The highest BCUT2D eigenvalue weighted by Crippen LogP contribution is 2.24. The van der Waals surface area contributed by atoms with Crippen molar-refractivity contribution >= 4 is 16.6 Å². The predicted octanol–water partition coefficient (Wildman–Crippen LogP) is 3.42. The van der Waals surface area contributed by atoms with E-state index >= 15 is 0 Å². The third-order valence-electron chi connectivity index (χ3n) is 3.31. The monoisotopic (exact) mass is 267 g/mol. The summed E-state index contributed by atoms with van der Waals surface area (Å²) in [5, 5.41) is 12.8. The van der Waals surface area contributed by atoms with Gasteiger partial charge in [-0.1, -0.05) is 6.92 Å². The number of anilines is 1. The summed E-state index contributed by atoms with van der Waals surface area (Å²) < 4.78 is 2.12. The summed E-state index contributed by atoms with van der Waals surface area (Å²) in [7, 11) is 0. The van der Waals surface area contributed by atoms with E-state index in [1.165, 1.54) is 0 Å². The molecule has 0 spiro atoms. The van der Waals surface area contributed by atoms with Gasteiger partial charge < -0.3 is 5.11 Å². The summed E-state index contributed by atoms with van der Waals surface area (Å²) in [5.41, 5.74) is 2.18. The van der Waals surface area contributed by atoms with Crippen LogP contribution in [0.3, 0.4) is 0 Å². The average molecular weight is 267 g/mol. The molecule has 0 radical (unpaired) electrons. The molecule has 0 aliphatic carbocycles. The molecule has 0 unspecified atom stereocenters. The normalized spacial score (nSPS) is 10.8. The average Bonchev–Trinajstić information content (AvgIpc) is 2.88. The van der Waals surface area contributed by atoms with E-state index in [-0.39, 0.29) is 0 Å². The van der Waals surface area contributed by atoms with Crippen LogP contribution >= 0.6 is 0 Å². The van der Waals surface area contributed by atoms with E-state index in [2.05, 4.69) is 21.6 Å². The molecule has 3 rings (SSSR count). The zero-order chi connectivity index (χ0) is 13.9. The molecule has 0 bridgehead atoms. The van der Waals surface area contributed by atoms with Crippen molar-refractivity contribution in [3.05, 3.63) is 55.0 Å². The van der Waals surface area contributed by atoms with Gasteiger partial charge in [0, 0.05) is 30.5 Å². The van der Waals surface area contributed by atoms with Crippen molar-refractivity contribution in [1.82, 2.24) is 9.66 Å². The number of pyridine rings is 1. The Balaban J connectivity index is 2.10. The molecule has 1 aromatic carbocycles. The number of phenolic OH excluding ortho intramolecular Hbond substituents is 1. The van der Waals surface area contributed by atoms with Crippen molar-refractivity contribution in [2.45, 2.75) is 13.3 Å². The Morgan fingerprint density at radius 3 is 2.70 bits per heavy atom. The third kappa shape index (κ3) is 2.20. The van der Waals surface area contributed by atoms with Gasteiger partial charge in [-0.2, -0.15) is 0 Å². The maximum Gasteiger partial charge on any atom is 0.116 e. The zero-order valence-electron chi connectivity index (χ0n) is 11.4. The van der Waals surface area contributed by atoms with Gasteiger partial charge in [-0.3, -0.25) is 14.7 Å². The minimum atomic E-state index is 0.293. The molecular weight excluding hydrogens is 250 g/mol. The Morgan fingerprint density at radius 2 is 1.95 bits per heavy atom. The van der Waals surface area contributed by atoms with Crippen molar-refractivity contribution < 1.29 is 5.11 Å². The molecule has 0 saturated carbocycles. The second-order valence-electron chi connectivity index (χ2n) is 4.73. The van der Waals surface area contributed by atoms with E-state index in [0.29, 0.717) is 5.75 Å². The first kappa shape index (κ1) is 12.5. The van der Waals surface area contributed by atoms with Crippen LogP contribution in [0.2, 0.25) is 0 Å². The predicted molar refractivity (Wildman–Crippen MR) is 80.9 cm³/mol. The minimum Gasteiger partial charge on any atom is -0.508 e. The number of rotatable bonds is 4. The first-order valence-corrected chi connectivity index (χ1v) is 6.77. The van der Waals surface area contributed by atoms with E-state index in [1.54, 1.807) is 24.5 Å². The maximum absolute atomic E-state index is 9.57. The highest BCUT2D eigenvalue weighted by molar-refractivity contribution is 5.82. The number of hydrogen-bond donors (Lipinski definition) is 1. The quantitative estimate of drug-likeness (QED) is 0.787. The number of benzene rings is 1. The van der Waals surface area contributed by atoms with Gasteiger partial charge in [0.1, 0.15) is 5.75 Å². The van der Waals surface area contributed by atoms with Crippen molar-refractivity contribution in [1.29, 1.82) is 0 Å². The molecule has 4 heteroatoms. The molecule has 102 valence electrons. The fourth-order valence-corrected chi connectivity index (χ4v) is 2.41. The molecule has 4 nitrogen and oxygen atoms in total. The Hall–Kier alpha value is -2.49. The molecule has 0 saturated heterocycles. The number of fused-ring (bicyclic) bond motifs is 1. The Bertz CT molecular complexity index is 706. The molecule has 0 aliphatic rings. The van der Waals surface area contributed by atoms with Crippen LogP contribution in [0, 0.1) is 0 Å². The largest absolute Gasteiger partial charge is 0.508 e. The second kappa shape index (κ2) is 5.25. The van der Waals surface area contributed by atoms with E-state index < -0.39 is 0 Å². The summed E-state index contributed by atoms with van der Waals surface area (Å²) in [6.07, 6.45) is 6.67. The van der Waals surface area contributed by atoms with Gasteiger partial charge in [-0.05, 0) is 42.8 Å². The van der Waals surface area contributed by atoms with Gasteiger partial charge in [0.25, 0.3) is 0 Å². The third-order valence-corrected chi connectivity index (χ3v) is 3.31. The topological polar surface area (TPSA) is 41.3 Å². The van der Waals surface area contributed by atoms with Gasteiger partial charge in [0.2, 0.25) is 0 Å². The first-order valence-electron chi connectivity index (χ1n) is 6.77. The molecule has 20 heavy (non-hydrogen) atoms. The second-order valence-corrected chi connectivity index (χ2v) is 4.73. The lowest BCUT2D eigenvalue weighted by atomic mass is 10.2. The van der Waals surface area contributed by atoms with Crippen LogP contribution in [0.1, 0.15) is 13.3 Å². The van der Waals surface area contributed by atoms with Crippen molar-refractivity contribution in [2.75, 3.05) is 11.6 Å². The smallest absolute Gasteiger partial charge is 0.116 e. The number of nitrogens with zero attached hydrogens (tertiary/aromatic N) is 3. The summed E-state index contributed by atoms with van der Waals surface area (Å²) in [5.74, 6) is 0.293. The van der Waals surface area contributed by atoms with Crippen LogP contribution in [-0.2, 0) is 0 Å². The standard InChI is InChI=1S/C16H17N3O/c1-2-10-18(14-5-8-17-9-6-14)19-11-7-13-12-15(20)3-4-16(13)19/h3-9,11-12,20H,2,10H2,1H3. The summed E-state index contributed by atoms with van der Waals surface area (Å²) in [4.78, 5) is 4.07. The van der Waals surface area contributed by atoms with Crippen molar-refractivity contribution in [3.8, 4) is 5.75 Å². The fourth-order valence-electron chi connectivity index (χ4n) is 2.41. The van der Waals surface area contributed by atoms with Crippen LogP contribution in [0.15, 0.2) is 55.0 Å².